The zero-order valence-corrected chi connectivity index (χ0v) is 18.0. The van der Waals surface area contributed by atoms with Gasteiger partial charge in [-0.05, 0) is 67.1 Å². The van der Waals surface area contributed by atoms with Crippen molar-refractivity contribution in [2.24, 2.45) is 0 Å². The highest BCUT2D eigenvalue weighted by Crippen LogP contribution is 2.24. The number of hydrogen-bond acceptors (Lipinski definition) is 6. The van der Waals surface area contributed by atoms with E-state index in [1.54, 1.807) is 30.9 Å². The van der Waals surface area contributed by atoms with E-state index in [-0.39, 0.29) is 5.91 Å². The van der Waals surface area contributed by atoms with E-state index in [1.807, 2.05) is 54.6 Å². The van der Waals surface area contributed by atoms with Crippen LogP contribution in [-0.2, 0) is 4.74 Å². The van der Waals surface area contributed by atoms with E-state index in [4.69, 9.17) is 9.47 Å². The molecule has 8 heteroatoms. The number of nitrogens with one attached hydrogen (secondary N) is 2. The number of aromatic nitrogens is 3. The average molecular weight is 431 g/mol. The van der Waals surface area contributed by atoms with Crippen LogP contribution in [0.15, 0.2) is 66.7 Å². The van der Waals surface area contributed by atoms with Crippen LogP contribution < -0.4 is 15.4 Å². The van der Waals surface area contributed by atoms with E-state index in [0.29, 0.717) is 24.7 Å². The van der Waals surface area contributed by atoms with Crippen molar-refractivity contribution in [1.29, 1.82) is 0 Å². The lowest BCUT2D eigenvalue weighted by Crippen LogP contribution is -2.25. The molecule has 0 aliphatic heterocycles. The summed E-state index contributed by atoms with van der Waals surface area (Å²) in [5.41, 5.74) is 4.05. The minimum Gasteiger partial charge on any atom is -0.497 e. The van der Waals surface area contributed by atoms with Crippen LogP contribution in [0.25, 0.3) is 16.9 Å². The Labute approximate surface area is 186 Å². The largest absolute Gasteiger partial charge is 0.497 e. The maximum absolute atomic E-state index is 12.2. The lowest BCUT2D eigenvalue weighted by molar-refractivity contribution is 0.0948. The molecule has 0 radical (unpaired) electrons. The summed E-state index contributed by atoms with van der Waals surface area (Å²) in [7, 11) is 3.29. The van der Waals surface area contributed by atoms with Crippen molar-refractivity contribution in [1.82, 2.24) is 19.9 Å². The van der Waals surface area contributed by atoms with Gasteiger partial charge in [0.25, 0.3) is 5.91 Å². The quantitative estimate of drug-likeness (QED) is 0.391. The Morgan fingerprint density at radius 2 is 1.78 bits per heavy atom. The SMILES string of the molecule is COCCCNC(=O)c1ccc(Nc2nc3cccc(-c4ccc(OC)cc4)n3n2)cc1. The predicted molar refractivity (Wildman–Crippen MR) is 124 cm³/mol. The summed E-state index contributed by atoms with van der Waals surface area (Å²) in [6.45, 7) is 1.20. The molecule has 2 aromatic heterocycles. The van der Waals surface area contributed by atoms with Crippen molar-refractivity contribution >= 4 is 23.2 Å². The third-order valence-electron chi connectivity index (χ3n) is 4.96. The van der Waals surface area contributed by atoms with E-state index in [1.165, 1.54) is 0 Å². The van der Waals surface area contributed by atoms with Crippen molar-refractivity contribution in [3.8, 4) is 17.0 Å². The summed E-state index contributed by atoms with van der Waals surface area (Å²) < 4.78 is 12.0. The summed E-state index contributed by atoms with van der Waals surface area (Å²) in [4.78, 5) is 16.8. The van der Waals surface area contributed by atoms with Crippen LogP contribution in [0, 0.1) is 0 Å². The number of anilines is 2. The topological polar surface area (TPSA) is 89.8 Å². The van der Waals surface area contributed by atoms with Gasteiger partial charge in [0.2, 0.25) is 5.95 Å². The van der Waals surface area contributed by atoms with Gasteiger partial charge in [0, 0.05) is 37.1 Å². The van der Waals surface area contributed by atoms with E-state index in [0.717, 1.165) is 34.8 Å². The summed E-state index contributed by atoms with van der Waals surface area (Å²) in [5, 5.41) is 10.7. The molecule has 32 heavy (non-hydrogen) atoms. The second-order valence-electron chi connectivity index (χ2n) is 7.15. The zero-order valence-electron chi connectivity index (χ0n) is 18.0. The second-order valence-corrected chi connectivity index (χ2v) is 7.15. The van der Waals surface area contributed by atoms with E-state index < -0.39 is 0 Å². The molecule has 2 heterocycles. The summed E-state index contributed by atoms with van der Waals surface area (Å²) in [5.74, 6) is 1.17. The van der Waals surface area contributed by atoms with Crippen LogP contribution in [-0.4, -0.2) is 47.9 Å². The molecular weight excluding hydrogens is 406 g/mol. The molecule has 2 aromatic carbocycles. The van der Waals surface area contributed by atoms with Crippen molar-refractivity contribution in [2.45, 2.75) is 6.42 Å². The number of rotatable bonds is 9. The molecule has 0 saturated carbocycles. The number of pyridine rings is 1. The highest BCUT2D eigenvalue weighted by molar-refractivity contribution is 5.94. The fourth-order valence-corrected chi connectivity index (χ4v) is 3.29. The van der Waals surface area contributed by atoms with Gasteiger partial charge in [-0.2, -0.15) is 4.98 Å². The molecule has 0 aliphatic carbocycles. The second kappa shape index (κ2) is 9.93. The molecule has 4 rings (SSSR count). The van der Waals surface area contributed by atoms with Gasteiger partial charge in [0.15, 0.2) is 5.65 Å². The Kier molecular flexibility index (Phi) is 6.62. The zero-order chi connectivity index (χ0) is 22.3. The number of methoxy groups -OCH3 is 2. The van der Waals surface area contributed by atoms with Crippen LogP contribution in [0.3, 0.4) is 0 Å². The van der Waals surface area contributed by atoms with Gasteiger partial charge >= 0.3 is 0 Å². The third-order valence-corrected chi connectivity index (χ3v) is 4.96. The van der Waals surface area contributed by atoms with Crippen molar-refractivity contribution in [3.05, 3.63) is 72.3 Å². The standard InChI is InChI=1S/C24H25N5O3/c1-31-16-4-15-25-23(30)18-7-11-19(12-8-18)26-24-27-22-6-3-5-21(29(22)28-24)17-9-13-20(32-2)14-10-17/h3,5-14H,4,15-16H2,1-2H3,(H,25,30)(H,26,28). The molecule has 1 amide bonds. The summed E-state index contributed by atoms with van der Waals surface area (Å²) in [6, 6.07) is 20.9. The first-order valence-electron chi connectivity index (χ1n) is 10.3. The number of amides is 1. The van der Waals surface area contributed by atoms with Crippen molar-refractivity contribution in [2.75, 3.05) is 32.7 Å². The monoisotopic (exact) mass is 431 g/mol. The van der Waals surface area contributed by atoms with Gasteiger partial charge in [-0.3, -0.25) is 4.79 Å². The van der Waals surface area contributed by atoms with Crippen LogP contribution in [0.4, 0.5) is 11.6 Å². The van der Waals surface area contributed by atoms with Crippen LogP contribution >= 0.6 is 0 Å². The van der Waals surface area contributed by atoms with E-state index in [2.05, 4.69) is 20.7 Å². The number of hydrogen-bond donors (Lipinski definition) is 2. The molecule has 164 valence electrons. The molecule has 2 N–H and O–H groups in total. The van der Waals surface area contributed by atoms with Gasteiger partial charge in [-0.1, -0.05) is 6.07 Å². The normalized spacial score (nSPS) is 10.8. The van der Waals surface area contributed by atoms with Crippen LogP contribution in [0.5, 0.6) is 5.75 Å². The maximum atomic E-state index is 12.2. The highest BCUT2D eigenvalue weighted by Gasteiger charge is 2.10. The maximum Gasteiger partial charge on any atom is 0.251 e. The molecule has 4 aromatic rings. The third kappa shape index (κ3) is 4.87. The Hall–Kier alpha value is -3.91. The smallest absolute Gasteiger partial charge is 0.251 e. The van der Waals surface area contributed by atoms with Crippen molar-refractivity contribution in [3.63, 3.8) is 0 Å². The van der Waals surface area contributed by atoms with E-state index in [9.17, 15) is 4.79 Å². The molecule has 0 saturated heterocycles. The van der Waals surface area contributed by atoms with Gasteiger partial charge in [-0.15, -0.1) is 5.10 Å². The van der Waals surface area contributed by atoms with Gasteiger partial charge < -0.3 is 20.1 Å². The first-order valence-corrected chi connectivity index (χ1v) is 10.3. The Morgan fingerprint density at radius 1 is 1.00 bits per heavy atom. The van der Waals surface area contributed by atoms with Crippen LogP contribution in [0.2, 0.25) is 0 Å². The number of nitrogens with zero attached hydrogens (tertiary/aromatic N) is 3. The van der Waals surface area contributed by atoms with Gasteiger partial charge in [-0.25, -0.2) is 4.52 Å². The highest BCUT2D eigenvalue weighted by atomic mass is 16.5. The first-order chi connectivity index (χ1) is 15.7. The van der Waals surface area contributed by atoms with Crippen molar-refractivity contribution < 1.29 is 14.3 Å². The number of fused-ring (bicyclic) bond motifs is 1. The van der Waals surface area contributed by atoms with Gasteiger partial charge in [0.05, 0.1) is 12.8 Å². The molecule has 0 unspecified atom stereocenters. The Bertz CT molecular complexity index is 1190. The Morgan fingerprint density at radius 3 is 2.50 bits per heavy atom. The fourth-order valence-electron chi connectivity index (χ4n) is 3.29. The number of ether oxygens (including phenoxy) is 2. The minimum absolute atomic E-state index is 0.109. The molecule has 0 aliphatic rings. The molecule has 8 nitrogen and oxygen atoms in total. The summed E-state index contributed by atoms with van der Waals surface area (Å²) in [6.07, 6.45) is 0.778. The van der Waals surface area contributed by atoms with Gasteiger partial charge in [0.1, 0.15) is 5.75 Å². The Balaban J connectivity index is 1.48. The molecule has 0 fully saturated rings. The predicted octanol–water partition coefficient (Wildman–Crippen LogP) is 3.91. The van der Waals surface area contributed by atoms with Crippen LogP contribution in [0.1, 0.15) is 16.8 Å². The molecule has 0 atom stereocenters. The minimum atomic E-state index is -0.109. The molecule has 0 bridgehead atoms. The molecule has 0 spiro atoms. The first kappa shape index (κ1) is 21.3. The lowest BCUT2D eigenvalue weighted by atomic mass is 10.1. The number of carbonyl (C=O) groups is 1. The molecular formula is C24H25N5O3. The van der Waals surface area contributed by atoms with E-state index >= 15 is 0 Å². The summed E-state index contributed by atoms with van der Waals surface area (Å²) >= 11 is 0. The fraction of sp³-hybridized carbons (Fsp3) is 0.208. The average Bonchev–Trinajstić information content (AvgIpc) is 3.25. The number of carbonyl (C=O) groups excluding carboxylic acids is 1. The lowest BCUT2D eigenvalue weighted by Gasteiger charge is -2.06. The number of benzene rings is 2.